The van der Waals surface area contributed by atoms with Crippen LogP contribution in [0.5, 0.6) is 5.75 Å². The van der Waals surface area contributed by atoms with E-state index in [1.807, 2.05) is 60.7 Å². The Hall–Kier alpha value is -3.41. The maximum Gasteiger partial charge on any atom is 0.275 e. The number of rotatable bonds is 3. The minimum Gasteiger partial charge on any atom is -0.502 e. The van der Waals surface area contributed by atoms with E-state index in [-0.39, 0.29) is 17.7 Å². The van der Waals surface area contributed by atoms with Crippen LogP contribution < -0.4 is 5.43 Å². The Morgan fingerprint density at radius 3 is 2.11 bits per heavy atom. The molecule has 1 aromatic heterocycles. The van der Waals surface area contributed by atoms with E-state index in [1.165, 1.54) is 9.58 Å². The first kappa shape index (κ1) is 17.0. The molecular weight excluding hydrogens is 342 g/mol. The number of carbonyl (C=O) groups is 1. The number of likely N-dealkylation sites (N-methyl/N-ethyl adjacent to an activating group) is 1. The third-order valence-corrected chi connectivity index (χ3v) is 5.01. The molecule has 2 heterocycles. The van der Waals surface area contributed by atoms with Crippen LogP contribution in [0.25, 0.3) is 0 Å². The second kappa shape index (κ2) is 6.72. The van der Waals surface area contributed by atoms with Gasteiger partial charge in [-0.25, -0.2) is 0 Å². The van der Waals surface area contributed by atoms with Gasteiger partial charge in [-0.3, -0.25) is 14.3 Å². The van der Waals surface area contributed by atoms with E-state index in [1.54, 1.807) is 7.05 Å². The molecular formula is C21H19N3O3. The summed E-state index contributed by atoms with van der Waals surface area (Å²) in [5.74, 6) is -1.06. The molecule has 3 aromatic rings. The lowest BCUT2D eigenvalue weighted by Gasteiger charge is -2.37. The minimum atomic E-state index is -0.653. The first-order chi connectivity index (χ1) is 13.1. The molecule has 1 amide bonds. The molecule has 0 spiro atoms. The van der Waals surface area contributed by atoms with E-state index in [0.29, 0.717) is 6.54 Å². The fourth-order valence-electron chi connectivity index (χ4n) is 3.74. The van der Waals surface area contributed by atoms with E-state index >= 15 is 0 Å². The fourth-order valence-corrected chi connectivity index (χ4v) is 3.74. The molecule has 27 heavy (non-hydrogen) atoms. The van der Waals surface area contributed by atoms with Crippen molar-refractivity contribution < 1.29 is 9.90 Å². The Bertz CT molecular complexity index is 992. The van der Waals surface area contributed by atoms with Gasteiger partial charge in [-0.15, -0.1) is 0 Å². The van der Waals surface area contributed by atoms with Crippen LogP contribution in [0.1, 0.15) is 33.6 Å². The second-order valence-electron chi connectivity index (χ2n) is 6.70. The molecule has 0 unspecified atom stereocenters. The molecule has 6 heteroatoms. The number of amides is 1. The van der Waals surface area contributed by atoms with Gasteiger partial charge >= 0.3 is 0 Å². The van der Waals surface area contributed by atoms with E-state index in [2.05, 4.69) is 5.10 Å². The van der Waals surface area contributed by atoms with Crippen molar-refractivity contribution in [3.63, 3.8) is 0 Å². The highest BCUT2D eigenvalue weighted by Crippen LogP contribution is 2.38. The standard InChI is InChI=1S/C21H19N3O3/c1-23-13-16(24-19(21(23)27)20(26)17(25)12-22-24)18(14-8-4-2-5-9-14)15-10-6-3-7-11-15/h2-12,16,18,26H,13H2,1H3/t16-/m0/s1. The first-order valence-corrected chi connectivity index (χ1v) is 8.74. The fraction of sp³-hybridized carbons (Fsp3) is 0.190. The number of benzene rings is 2. The third-order valence-electron chi connectivity index (χ3n) is 5.01. The molecule has 1 atom stereocenters. The number of fused-ring (bicyclic) bond motifs is 1. The molecule has 0 aliphatic carbocycles. The molecule has 0 saturated carbocycles. The van der Waals surface area contributed by atoms with Crippen LogP contribution in [0.15, 0.2) is 71.7 Å². The molecule has 2 aromatic carbocycles. The molecule has 4 rings (SSSR count). The Balaban J connectivity index is 1.94. The van der Waals surface area contributed by atoms with E-state index in [4.69, 9.17) is 0 Å². The van der Waals surface area contributed by atoms with Gasteiger partial charge in [0.1, 0.15) is 0 Å². The van der Waals surface area contributed by atoms with Gasteiger partial charge in [0.2, 0.25) is 5.43 Å². The lowest BCUT2D eigenvalue weighted by molar-refractivity contribution is 0.0686. The summed E-state index contributed by atoms with van der Waals surface area (Å²) in [6.45, 7) is 0.412. The third kappa shape index (κ3) is 2.89. The Labute approximate surface area is 156 Å². The van der Waals surface area contributed by atoms with Gasteiger partial charge in [-0.1, -0.05) is 60.7 Å². The topological polar surface area (TPSA) is 75.4 Å². The molecule has 0 radical (unpaired) electrons. The number of hydrogen-bond donors (Lipinski definition) is 1. The summed E-state index contributed by atoms with van der Waals surface area (Å²) in [4.78, 5) is 26.0. The Morgan fingerprint density at radius 2 is 1.56 bits per heavy atom. The molecule has 1 aliphatic heterocycles. The van der Waals surface area contributed by atoms with Crippen LogP contribution in [-0.2, 0) is 0 Å². The van der Waals surface area contributed by atoms with Crippen LogP contribution >= 0.6 is 0 Å². The van der Waals surface area contributed by atoms with Crippen molar-refractivity contribution in [3.05, 3.63) is 93.9 Å². The molecule has 0 fully saturated rings. The molecule has 1 aliphatic rings. The van der Waals surface area contributed by atoms with E-state index < -0.39 is 17.1 Å². The summed E-state index contributed by atoms with van der Waals surface area (Å²) >= 11 is 0. The van der Waals surface area contributed by atoms with Crippen LogP contribution in [0.4, 0.5) is 0 Å². The zero-order valence-corrected chi connectivity index (χ0v) is 14.8. The largest absolute Gasteiger partial charge is 0.502 e. The summed E-state index contributed by atoms with van der Waals surface area (Å²) in [7, 11) is 1.67. The average molecular weight is 361 g/mol. The van der Waals surface area contributed by atoms with E-state index in [9.17, 15) is 14.7 Å². The summed E-state index contributed by atoms with van der Waals surface area (Å²) < 4.78 is 1.50. The van der Waals surface area contributed by atoms with E-state index in [0.717, 1.165) is 17.3 Å². The van der Waals surface area contributed by atoms with Crippen molar-refractivity contribution in [1.29, 1.82) is 0 Å². The smallest absolute Gasteiger partial charge is 0.275 e. The maximum atomic E-state index is 12.6. The van der Waals surface area contributed by atoms with Crippen LogP contribution in [-0.4, -0.2) is 39.3 Å². The maximum absolute atomic E-state index is 12.6. The van der Waals surface area contributed by atoms with Gasteiger partial charge in [0, 0.05) is 19.5 Å². The van der Waals surface area contributed by atoms with Crippen molar-refractivity contribution in [2.75, 3.05) is 13.6 Å². The summed E-state index contributed by atoms with van der Waals surface area (Å²) in [6, 6.07) is 19.7. The summed E-state index contributed by atoms with van der Waals surface area (Å²) in [5.41, 5.74) is 1.43. The Kier molecular flexibility index (Phi) is 4.24. The van der Waals surface area contributed by atoms with Crippen LogP contribution in [0, 0.1) is 0 Å². The highest BCUT2D eigenvalue weighted by atomic mass is 16.3. The quantitative estimate of drug-likeness (QED) is 0.777. The molecule has 6 nitrogen and oxygen atoms in total. The van der Waals surface area contributed by atoms with Gasteiger partial charge in [0.05, 0.1) is 12.2 Å². The molecule has 0 saturated heterocycles. The van der Waals surface area contributed by atoms with Gasteiger partial charge in [0.15, 0.2) is 11.4 Å². The first-order valence-electron chi connectivity index (χ1n) is 8.74. The SMILES string of the molecule is CN1C[C@@H](C(c2ccccc2)c2ccccc2)n2ncc(=O)c(O)c2C1=O. The zero-order valence-electron chi connectivity index (χ0n) is 14.8. The monoisotopic (exact) mass is 361 g/mol. The zero-order chi connectivity index (χ0) is 19.0. The highest BCUT2D eigenvalue weighted by Gasteiger charge is 2.38. The minimum absolute atomic E-state index is 0.0573. The van der Waals surface area contributed by atoms with Gasteiger partial charge < -0.3 is 10.0 Å². The number of aromatic nitrogens is 2. The van der Waals surface area contributed by atoms with Crippen molar-refractivity contribution in [2.24, 2.45) is 0 Å². The van der Waals surface area contributed by atoms with Gasteiger partial charge in [-0.2, -0.15) is 5.10 Å². The number of aromatic hydroxyl groups is 1. The average Bonchev–Trinajstić information content (AvgIpc) is 2.70. The van der Waals surface area contributed by atoms with Crippen molar-refractivity contribution in [3.8, 4) is 5.75 Å². The molecule has 0 bridgehead atoms. The Morgan fingerprint density at radius 1 is 1.00 bits per heavy atom. The van der Waals surface area contributed by atoms with Crippen molar-refractivity contribution >= 4 is 5.91 Å². The van der Waals surface area contributed by atoms with Crippen LogP contribution in [0.2, 0.25) is 0 Å². The summed E-state index contributed by atoms with van der Waals surface area (Å²) in [6.07, 6.45) is 1.07. The summed E-state index contributed by atoms with van der Waals surface area (Å²) in [5, 5.41) is 14.5. The number of nitrogens with zero attached hydrogens (tertiary/aromatic N) is 3. The molecule has 1 N–H and O–H groups in total. The van der Waals surface area contributed by atoms with Crippen LogP contribution in [0.3, 0.4) is 0 Å². The number of hydrogen-bond acceptors (Lipinski definition) is 4. The van der Waals surface area contributed by atoms with Gasteiger partial charge in [0.25, 0.3) is 5.91 Å². The van der Waals surface area contributed by atoms with Crippen molar-refractivity contribution in [1.82, 2.24) is 14.7 Å². The second-order valence-corrected chi connectivity index (χ2v) is 6.70. The normalized spacial score (nSPS) is 16.4. The predicted molar refractivity (Wildman–Crippen MR) is 101 cm³/mol. The highest BCUT2D eigenvalue weighted by molar-refractivity contribution is 5.95. The predicted octanol–water partition coefficient (Wildman–Crippen LogP) is 2.41. The lowest BCUT2D eigenvalue weighted by Crippen LogP contribution is -2.45. The lowest BCUT2D eigenvalue weighted by atomic mass is 9.84. The van der Waals surface area contributed by atoms with Gasteiger partial charge in [-0.05, 0) is 11.1 Å². The molecule has 136 valence electrons. The van der Waals surface area contributed by atoms with Crippen molar-refractivity contribution in [2.45, 2.75) is 12.0 Å². The number of carbonyl (C=O) groups excluding carboxylic acids is 1.